The molecule has 2 aliphatic rings. The van der Waals surface area contributed by atoms with E-state index in [2.05, 4.69) is 0 Å². The highest BCUT2D eigenvalue weighted by Gasteiger charge is 2.39. The molecule has 1 aliphatic carbocycles. The number of likely N-dealkylation sites (tertiary alicyclic amines) is 1. The van der Waals surface area contributed by atoms with Gasteiger partial charge < -0.3 is 14.9 Å². The zero-order valence-corrected chi connectivity index (χ0v) is 12.7. The lowest BCUT2D eigenvalue weighted by atomic mass is 10.1. The van der Waals surface area contributed by atoms with E-state index in [1.165, 1.54) is 4.90 Å². The van der Waals surface area contributed by atoms with E-state index in [0.717, 1.165) is 25.7 Å². The van der Waals surface area contributed by atoms with Crippen LogP contribution in [0.15, 0.2) is 0 Å². The largest absolute Gasteiger partial charge is 0.481 e. The number of nitrogens with zero attached hydrogens (tertiary/aromatic N) is 2. The summed E-state index contributed by atoms with van der Waals surface area (Å²) in [7, 11) is 1.62. The van der Waals surface area contributed by atoms with Gasteiger partial charge in [0.25, 0.3) is 0 Å². The molecule has 6 nitrogen and oxygen atoms in total. The van der Waals surface area contributed by atoms with Gasteiger partial charge >= 0.3 is 5.97 Å². The Morgan fingerprint density at radius 2 is 2.00 bits per heavy atom. The Morgan fingerprint density at radius 1 is 1.38 bits per heavy atom. The van der Waals surface area contributed by atoms with Gasteiger partial charge in [0.15, 0.2) is 0 Å². The highest BCUT2D eigenvalue weighted by molar-refractivity contribution is 5.89. The normalized spacial score (nSPS) is 24.4. The zero-order valence-electron chi connectivity index (χ0n) is 12.7. The number of hydrogen-bond donors (Lipinski definition) is 1. The van der Waals surface area contributed by atoms with Crippen LogP contribution in [0.25, 0.3) is 0 Å². The first-order valence-electron chi connectivity index (χ1n) is 7.67. The maximum Gasteiger partial charge on any atom is 0.308 e. The van der Waals surface area contributed by atoms with E-state index in [1.807, 2.05) is 4.90 Å². The molecule has 2 rings (SSSR count). The van der Waals surface area contributed by atoms with Crippen molar-refractivity contribution >= 4 is 17.8 Å². The van der Waals surface area contributed by atoms with E-state index < -0.39 is 11.9 Å². The van der Waals surface area contributed by atoms with Gasteiger partial charge in [0, 0.05) is 32.6 Å². The van der Waals surface area contributed by atoms with Crippen LogP contribution >= 0.6 is 0 Å². The molecule has 0 aromatic heterocycles. The third kappa shape index (κ3) is 3.54. The second-order valence-electron chi connectivity index (χ2n) is 6.34. The maximum absolute atomic E-state index is 12.4. The molecule has 2 fully saturated rings. The molecule has 6 heteroatoms. The second kappa shape index (κ2) is 6.45. The number of aliphatic carboxylic acids is 1. The average molecular weight is 296 g/mol. The third-order valence-corrected chi connectivity index (χ3v) is 4.62. The molecule has 1 heterocycles. The Labute approximate surface area is 125 Å². The Morgan fingerprint density at radius 3 is 2.57 bits per heavy atom. The summed E-state index contributed by atoms with van der Waals surface area (Å²) in [5.41, 5.74) is 0. The Hall–Kier alpha value is -1.59. The van der Waals surface area contributed by atoms with Crippen LogP contribution in [0, 0.1) is 11.8 Å². The molecule has 1 aliphatic heterocycles. The summed E-state index contributed by atoms with van der Waals surface area (Å²) in [6.45, 7) is 2.26. The highest BCUT2D eigenvalue weighted by atomic mass is 16.4. The fraction of sp³-hybridized carbons (Fsp3) is 0.800. The molecule has 1 N–H and O–H groups in total. The van der Waals surface area contributed by atoms with Crippen LogP contribution in [0.5, 0.6) is 0 Å². The SMILES string of the molecule is CC(CN(C)C(=O)C1CC(=O)N(C2CCCC2)C1)C(=O)O. The molecule has 2 unspecified atom stereocenters. The fourth-order valence-electron chi connectivity index (χ4n) is 3.36. The predicted molar refractivity (Wildman–Crippen MR) is 76.5 cm³/mol. The number of carbonyl (C=O) groups is 3. The van der Waals surface area contributed by atoms with E-state index in [4.69, 9.17) is 5.11 Å². The molecule has 118 valence electrons. The van der Waals surface area contributed by atoms with Gasteiger partial charge in [0.05, 0.1) is 11.8 Å². The number of carboxylic acids is 1. The minimum absolute atomic E-state index is 0.0694. The molecule has 0 spiro atoms. The average Bonchev–Trinajstić information content (AvgIpc) is 3.06. The maximum atomic E-state index is 12.4. The van der Waals surface area contributed by atoms with Crippen LogP contribution < -0.4 is 0 Å². The van der Waals surface area contributed by atoms with Crippen molar-refractivity contribution < 1.29 is 19.5 Å². The van der Waals surface area contributed by atoms with Crippen LogP contribution in [0.4, 0.5) is 0 Å². The van der Waals surface area contributed by atoms with Gasteiger partial charge in [-0.3, -0.25) is 14.4 Å². The molecule has 2 atom stereocenters. The second-order valence-corrected chi connectivity index (χ2v) is 6.34. The van der Waals surface area contributed by atoms with Gasteiger partial charge in [-0.1, -0.05) is 19.8 Å². The summed E-state index contributed by atoms with van der Waals surface area (Å²) in [4.78, 5) is 38.6. The molecule has 0 aromatic rings. The van der Waals surface area contributed by atoms with Crippen molar-refractivity contribution in [3.63, 3.8) is 0 Å². The van der Waals surface area contributed by atoms with Crippen molar-refractivity contribution in [2.24, 2.45) is 11.8 Å². The van der Waals surface area contributed by atoms with E-state index in [9.17, 15) is 14.4 Å². The molecule has 0 radical (unpaired) electrons. The van der Waals surface area contributed by atoms with Gasteiger partial charge in [0.1, 0.15) is 0 Å². The number of carbonyl (C=O) groups excluding carboxylic acids is 2. The number of hydrogen-bond acceptors (Lipinski definition) is 3. The topological polar surface area (TPSA) is 77.9 Å². The van der Waals surface area contributed by atoms with Crippen LogP contribution in [0.3, 0.4) is 0 Å². The van der Waals surface area contributed by atoms with Gasteiger partial charge in [-0.25, -0.2) is 0 Å². The van der Waals surface area contributed by atoms with Gasteiger partial charge in [-0.2, -0.15) is 0 Å². The van der Waals surface area contributed by atoms with Crippen molar-refractivity contribution in [3.05, 3.63) is 0 Å². The number of carboxylic acid groups (broad SMARTS) is 1. The fourth-order valence-corrected chi connectivity index (χ4v) is 3.36. The minimum Gasteiger partial charge on any atom is -0.481 e. The molecule has 21 heavy (non-hydrogen) atoms. The van der Waals surface area contributed by atoms with E-state index >= 15 is 0 Å². The first-order chi connectivity index (χ1) is 9.90. The van der Waals surface area contributed by atoms with Crippen molar-refractivity contribution in [2.45, 2.75) is 45.1 Å². The minimum atomic E-state index is -0.912. The van der Waals surface area contributed by atoms with Crippen LogP contribution in [-0.4, -0.2) is 58.9 Å². The Balaban J connectivity index is 1.91. The Kier molecular flexibility index (Phi) is 4.85. The van der Waals surface area contributed by atoms with Gasteiger partial charge in [-0.15, -0.1) is 0 Å². The molecule has 1 saturated heterocycles. The summed E-state index contributed by atoms with van der Waals surface area (Å²) in [5.74, 6) is -1.87. The van der Waals surface area contributed by atoms with Crippen LogP contribution in [0.1, 0.15) is 39.0 Å². The van der Waals surface area contributed by atoms with E-state index in [0.29, 0.717) is 12.6 Å². The summed E-state index contributed by atoms with van der Waals surface area (Å²) in [6.07, 6.45) is 4.66. The van der Waals surface area contributed by atoms with E-state index in [-0.39, 0.29) is 30.7 Å². The lowest BCUT2D eigenvalue weighted by Gasteiger charge is -2.25. The molecule has 0 aromatic carbocycles. The first kappa shape index (κ1) is 15.8. The quantitative estimate of drug-likeness (QED) is 0.819. The van der Waals surface area contributed by atoms with Crippen molar-refractivity contribution in [1.82, 2.24) is 9.80 Å². The monoisotopic (exact) mass is 296 g/mol. The molecule has 1 saturated carbocycles. The first-order valence-corrected chi connectivity index (χ1v) is 7.67. The summed E-state index contributed by atoms with van der Waals surface area (Å²) in [6, 6.07) is 0.304. The molecular weight excluding hydrogens is 272 g/mol. The summed E-state index contributed by atoms with van der Waals surface area (Å²) >= 11 is 0. The molecule has 2 amide bonds. The Bertz CT molecular complexity index is 431. The lowest BCUT2D eigenvalue weighted by molar-refractivity contribution is -0.143. The van der Waals surface area contributed by atoms with Crippen LogP contribution in [-0.2, 0) is 14.4 Å². The van der Waals surface area contributed by atoms with Crippen molar-refractivity contribution in [2.75, 3.05) is 20.1 Å². The van der Waals surface area contributed by atoms with E-state index in [1.54, 1.807) is 14.0 Å². The van der Waals surface area contributed by atoms with Gasteiger partial charge in [-0.05, 0) is 12.8 Å². The molecule has 0 bridgehead atoms. The molecular formula is C15H24N2O4. The predicted octanol–water partition coefficient (Wildman–Crippen LogP) is 0.957. The number of amides is 2. The summed E-state index contributed by atoms with van der Waals surface area (Å²) in [5, 5.41) is 8.91. The number of rotatable bonds is 5. The van der Waals surface area contributed by atoms with Crippen LogP contribution in [0.2, 0.25) is 0 Å². The van der Waals surface area contributed by atoms with Crippen molar-refractivity contribution in [1.29, 1.82) is 0 Å². The van der Waals surface area contributed by atoms with Crippen molar-refractivity contribution in [3.8, 4) is 0 Å². The zero-order chi connectivity index (χ0) is 15.6. The standard InChI is InChI=1S/C15H24N2O4/c1-10(15(20)21)8-16(2)14(19)11-7-13(18)17(9-11)12-5-3-4-6-12/h10-12H,3-9H2,1-2H3,(H,20,21). The summed E-state index contributed by atoms with van der Waals surface area (Å²) < 4.78 is 0. The van der Waals surface area contributed by atoms with Gasteiger partial charge in [0.2, 0.25) is 11.8 Å². The lowest BCUT2D eigenvalue weighted by Crippen LogP contribution is -2.39. The third-order valence-electron chi connectivity index (χ3n) is 4.62. The highest BCUT2D eigenvalue weighted by Crippen LogP contribution is 2.30. The smallest absolute Gasteiger partial charge is 0.308 e.